The summed E-state index contributed by atoms with van der Waals surface area (Å²) in [6.45, 7) is 2.62. The van der Waals surface area contributed by atoms with Gasteiger partial charge in [0, 0.05) is 28.0 Å². The number of aryl methyl sites for hydroxylation is 2. The number of rotatable bonds is 5. The molecule has 5 nitrogen and oxygen atoms in total. The van der Waals surface area contributed by atoms with E-state index < -0.39 is 0 Å². The maximum absolute atomic E-state index is 11.9. The minimum atomic E-state index is -0.0883. The Morgan fingerprint density at radius 2 is 2.30 bits per heavy atom. The number of aromatic amines is 1. The van der Waals surface area contributed by atoms with E-state index in [1.54, 1.807) is 18.2 Å². The van der Waals surface area contributed by atoms with Gasteiger partial charge in [-0.05, 0) is 59.5 Å². The fraction of sp³-hybridized carbons (Fsp3) is 0.286. The first-order valence-electron chi connectivity index (χ1n) is 6.40. The van der Waals surface area contributed by atoms with Crippen molar-refractivity contribution in [2.24, 2.45) is 0 Å². The molecule has 20 heavy (non-hydrogen) atoms. The number of carbonyl (C=O) groups is 1. The van der Waals surface area contributed by atoms with Crippen LogP contribution in [0.3, 0.4) is 0 Å². The number of nitrogen functional groups attached to an aromatic ring is 1. The van der Waals surface area contributed by atoms with Gasteiger partial charge in [0.25, 0.3) is 5.91 Å². The molecule has 2 rings (SSSR count). The van der Waals surface area contributed by atoms with Crippen LogP contribution in [0.25, 0.3) is 0 Å². The summed E-state index contributed by atoms with van der Waals surface area (Å²) in [4.78, 5) is 11.9. The van der Waals surface area contributed by atoms with E-state index in [0.717, 1.165) is 23.0 Å². The number of H-pyrrole nitrogens is 1. The Bertz CT molecular complexity index is 609. The fourth-order valence-electron chi connectivity index (χ4n) is 1.88. The molecule has 0 fully saturated rings. The van der Waals surface area contributed by atoms with E-state index >= 15 is 0 Å². The minimum absolute atomic E-state index is 0.0883. The normalized spacial score (nSPS) is 10.5. The lowest BCUT2D eigenvalue weighted by Crippen LogP contribution is -2.24. The van der Waals surface area contributed by atoms with Crippen LogP contribution >= 0.6 is 15.9 Å². The van der Waals surface area contributed by atoms with E-state index in [1.807, 2.05) is 13.1 Å². The van der Waals surface area contributed by atoms with Crippen LogP contribution in [-0.4, -0.2) is 22.6 Å². The lowest BCUT2D eigenvalue weighted by molar-refractivity contribution is 0.0953. The van der Waals surface area contributed by atoms with Crippen molar-refractivity contribution in [3.8, 4) is 0 Å². The Hall–Kier alpha value is -1.82. The second-order valence-electron chi connectivity index (χ2n) is 4.62. The summed E-state index contributed by atoms with van der Waals surface area (Å²) in [5.41, 5.74) is 9.19. The minimum Gasteiger partial charge on any atom is -0.398 e. The molecule has 6 heteroatoms. The van der Waals surface area contributed by atoms with Crippen molar-refractivity contribution in [1.82, 2.24) is 15.5 Å². The maximum Gasteiger partial charge on any atom is 0.251 e. The number of nitrogens with two attached hydrogens (primary N) is 1. The summed E-state index contributed by atoms with van der Waals surface area (Å²) in [5.74, 6) is -0.0883. The van der Waals surface area contributed by atoms with Gasteiger partial charge in [0.15, 0.2) is 0 Å². The van der Waals surface area contributed by atoms with Gasteiger partial charge in [-0.2, -0.15) is 5.10 Å². The monoisotopic (exact) mass is 336 g/mol. The zero-order valence-corrected chi connectivity index (χ0v) is 12.8. The molecule has 1 heterocycles. The molecular formula is C14H17BrN4O. The molecule has 4 N–H and O–H groups in total. The quantitative estimate of drug-likeness (QED) is 0.579. The molecule has 0 aliphatic carbocycles. The van der Waals surface area contributed by atoms with Crippen molar-refractivity contribution in [3.63, 3.8) is 0 Å². The van der Waals surface area contributed by atoms with E-state index in [0.29, 0.717) is 17.8 Å². The maximum atomic E-state index is 11.9. The summed E-state index contributed by atoms with van der Waals surface area (Å²) in [5, 5.41) is 9.77. The zero-order valence-electron chi connectivity index (χ0n) is 11.2. The van der Waals surface area contributed by atoms with E-state index in [9.17, 15) is 4.79 Å². The lowest BCUT2D eigenvalue weighted by Gasteiger charge is -2.06. The van der Waals surface area contributed by atoms with Gasteiger partial charge in [0.2, 0.25) is 0 Å². The Kier molecular flexibility index (Phi) is 4.79. The molecule has 0 radical (unpaired) electrons. The number of nitrogens with one attached hydrogen (secondary N) is 2. The first-order chi connectivity index (χ1) is 9.58. The first-order valence-corrected chi connectivity index (χ1v) is 7.19. The first kappa shape index (κ1) is 14.6. The summed E-state index contributed by atoms with van der Waals surface area (Å²) in [6, 6.07) is 5.16. The van der Waals surface area contributed by atoms with E-state index in [2.05, 4.69) is 31.4 Å². The van der Waals surface area contributed by atoms with Crippen LogP contribution in [0, 0.1) is 6.92 Å². The van der Waals surface area contributed by atoms with Gasteiger partial charge in [-0.3, -0.25) is 9.89 Å². The predicted octanol–water partition coefficient (Wildman–Crippen LogP) is 2.43. The second-order valence-corrected chi connectivity index (χ2v) is 5.47. The Labute approximate surface area is 126 Å². The fourth-order valence-corrected chi connectivity index (χ4v) is 2.26. The van der Waals surface area contributed by atoms with Gasteiger partial charge >= 0.3 is 0 Å². The SMILES string of the molecule is Cc1[nH]ncc1CCCNC(=O)c1ccc(N)c(Br)c1. The van der Waals surface area contributed by atoms with Crippen molar-refractivity contribution in [3.05, 3.63) is 45.7 Å². The average Bonchev–Trinajstić information content (AvgIpc) is 2.83. The summed E-state index contributed by atoms with van der Waals surface area (Å²) in [6.07, 6.45) is 3.60. The van der Waals surface area contributed by atoms with Crippen molar-refractivity contribution >= 4 is 27.5 Å². The van der Waals surface area contributed by atoms with E-state index in [-0.39, 0.29) is 5.91 Å². The molecule has 2 aromatic rings. The molecular weight excluding hydrogens is 320 g/mol. The molecule has 0 atom stereocenters. The number of carbonyl (C=O) groups excluding carboxylic acids is 1. The topological polar surface area (TPSA) is 83.8 Å². The number of anilines is 1. The number of aromatic nitrogens is 2. The van der Waals surface area contributed by atoms with Gasteiger partial charge in [0.05, 0.1) is 6.20 Å². The smallest absolute Gasteiger partial charge is 0.251 e. The van der Waals surface area contributed by atoms with Crippen molar-refractivity contribution in [2.45, 2.75) is 19.8 Å². The number of nitrogens with zero attached hydrogens (tertiary/aromatic N) is 1. The third kappa shape index (κ3) is 3.60. The van der Waals surface area contributed by atoms with Gasteiger partial charge in [-0.25, -0.2) is 0 Å². The molecule has 0 aliphatic rings. The molecule has 0 spiro atoms. The predicted molar refractivity (Wildman–Crippen MR) is 82.5 cm³/mol. The van der Waals surface area contributed by atoms with Crippen LogP contribution in [-0.2, 0) is 6.42 Å². The van der Waals surface area contributed by atoms with Crippen LogP contribution in [0.2, 0.25) is 0 Å². The third-order valence-electron chi connectivity index (χ3n) is 3.11. The van der Waals surface area contributed by atoms with Crippen molar-refractivity contribution < 1.29 is 4.79 Å². The molecule has 1 amide bonds. The van der Waals surface area contributed by atoms with Crippen molar-refractivity contribution in [2.75, 3.05) is 12.3 Å². The summed E-state index contributed by atoms with van der Waals surface area (Å²) >= 11 is 3.31. The molecule has 1 aromatic heterocycles. The lowest BCUT2D eigenvalue weighted by atomic mass is 10.1. The van der Waals surface area contributed by atoms with Crippen LogP contribution in [0.15, 0.2) is 28.9 Å². The highest BCUT2D eigenvalue weighted by atomic mass is 79.9. The number of hydrogen-bond acceptors (Lipinski definition) is 3. The molecule has 106 valence electrons. The Morgan fingerprint density at radius 3 is 2.95 bits per heavy atom. The highest BCUT2D eigenvalue weighted by Gasteiger charge is 2.07. The molecule has 0 saturated carbocycles. The van der Waals surface area contributed by atoms with Gasteiger partial charge < -0.3 is 11.1 Å². The standard InChI is InChI=1S/C14H17BrN4O/c1-9-11(8-18-19-9)3-2-6-17-14(20)10-4-5-13(16)12(15)7-10/h4-5,7-8H,2-3,6,16H2,1H3,(H,17,20)(H,18,19). The molecule has 0 bridgehead atoms. The van der Waals surface area contributed by atoms with Gasteiger partial charge in [-0.1, -0.05) is 0 Å². The third-order valence-corrected chi connectivity index (χ3v) is 3.79. The van der Waals surface area contributed by atoms with Gasteiger partial charge in [0.1, 0.15) is 0 Å². The Balaban J connectivity index is 1.80. The summed E-state index contributed by atoms with van der Waals surface area (Å²) < 4.78 is 0.735. The molecule has 0 saturated heterocycles. The molecule has 0 unspecified atom stereocenters. The highest BCUT2D eigenvalue weighted by molar-refractivity contribution is 9.10. The second kappa shape index (κ2) is 6.56. The zero-order chi connectivity index (χ0) is 14.5. The summed E-state index contributed by atoms with van der Waals surface area (Å²) in [7, 11) is 0. The van der Waals surface area contributed by atoms with Crippen molar-refractivity contribution in [1.29, 1.82) is 0 Å². The van der Waals surface area contributed by atoms with Gasteiger partial charge in [-0.15, -0.1) is 0 Å². The number of amides is 1. The average molecular weight is 337 g/mol. The highest BCUT2D eigenvalue weighted by Crippen LogP contribution is 2.20. The van der Waals surface area contributed by atoms with Crippen LogP contribution in [0.4, 0.5) is 5.69 Å². The number of benzene rings is 1. The number of halogens is 1. The molecule has 1 aromatic carbocycles. The largest absolute Gasteiger partial charge is 0.398 e. The van der Waals surface area contributed by atoms with E-state index in [4.69, 9.17) is 5.73 Å². The van der Waals surface area contributed by atoms with E-state index in [1.165, 1.54) is 5.56 Å². The number of hydrogen-bond donors (Lipinski definition) is 3. The van der Waals surface area contributed by atoms with Crippen LogP contribution in [0.5, 0.6) is 0 Å². The van der Waals surface area contributed by atoms with Crippen LogP contribution < -0.4 is 11.1 Å². The van der Waals surface area contributed by atoms with Crippen LogP contribution in [0.1, 0.15) is 28.0 Å². The molecule has 0 aliphatic heterocycles. The Morgan fingerprint density at radius 1 is 1.50 bits per heavy atom.